The monoisotopic (exact) mass is 614 g/mol. The molecule has 6 nitrogen and oxygen atoms in total. The van der Waals surface area contributed by atoms with Crippen molar-refractivity contribution >= 4 is 46.1 Å². The number of carbonyl (C=O) groups excluding carboxylic acids is 4. The molecule has 5 rings (SSSR count). The fourth-order valence-electron chi connectivity index (χ4n) is 5.90. The van der Waals surface area contributed by atoms with Crippen LogP contribution in [0.25, 0.3) is 0 Å². The molecule has 194 valence electrons. The van der Waals surface area contributed by atoms with Gasteiger partial charge in [-0.1, -0.05) is 88.6 Å². The highest BCUT2D eigenvalue weighted by Gasteiger charge is 2.44. The molecule has 2 aromatic carbocycles. The van der Waals surface area contributed by atoms with E-state index in [0.29, 0.717) is 22.6 Å². The number of ketones is 2. The summed E-state index contributed by atoms with van der Waals surface area (Å²) >= 11 is 2.32. The number of halogens is 1. The molecule has 7 heteroatoms. The minimum absolute atomic E-state index is 0.306. The average molecular weight is 614 g/mol. The lowest BCUT2D eigenvalue weighted by atomic mass is 9.63. The van der Waals surface area contributed by atoms with E-state index < -0.39 is 28.9 Å². The Balaban J connectivity index is 1.81. The molecule has 0 N–H and O–H groups in total. The summed E-state index contributed by atoms with van der Waals surface area (Å²) in [6.45, 7) is 10.3. The topological polar surface area (TPSA) is 86.7 Å². The van der Waals surface area contributed by atoms with E-state index in [0.717, 1.165) is 58.8 Å². The first-order valence-electron chi connectivity index (χ1n) is 12.8. The molecule has 2 aliphatic heterocycles. The van der Waals surface area contributed by atoms with Crippen LogP contribution in [0.15, 0.2) is 24.3 Å². The van der Waals surface area contributed by atoms with Crippen LogP contribution in [-0.4, -0.2) is 27.9 Å². The van der Waals surface area contributed by atoms with Crippen molar-refractivity contribution in [2.45, 2.75) is 83.0 Å². The molecule has 37 heavy (non-hydrogen) atoms. The smallest absolute Gasteiger partial charge is 0.385 e. The van der Waals surface area contributed by atoms with Crippen LogP contribution >= 0.6 is 22.6 Å². The molecule has 0 unspecified atom stereocenters. The summed E-state index contributed by atoms with van der Waals surface area (Å²) in [5.74, 6) is -2.21. The Kier molecular flexibility index (Phi) is 6.17. The molecule has 0 spiro atoms. The summed E-state index contributed by atoms with van der Waals surface area (Å²) in [6, 6.07) is 7.83. The first-order chi connectivity index (χ1) is 17.3. The minimum atomic E-state index is -0.847. The molecule has 0 amide bonds. The van der Waals surface area contributed by atoms with Gasteiger partial charge in [-0.15, -0.1) is 0 Å². The summed E-state index contributed by atoms with van der Waals surface area (Å²) in [6.07, 6.45) is 4.71. The number of benzene rings is 2. The van der Waals surface area contributed by atoms with Crippen molar-refractivity contribution in [2.75, 3.05) is 4.43 Å². The molecule has 0 aromatic heterocycles. The van der Waals surface area contributed by atoms with Gasteiger partial charge in [0.25, 0.3) is 11.6 Å². The normalized spacial score (nSPS) is 19.0. The third-order valence-electron chi connectivity index (χ3n) is 8.11. The Labute approximate surface area is 230 Å². The van der Waals surface area contributed by atoms with Gasteiger partial charge in [0.1, 0.15) is 11.5 Å². The molecular formula is C30H31IO6. The highest BCUT2D eigenvalue weighted by molar-refractivity contribution is 14.1. The van der Waals surface area contributed by atoms with Gasteiger partial charge in [0.15, 0.2) is 0 Å². The van der Waals surface area contributed by atoms with Gasteiger partial charge in [-0.05, 0) is 41.5 Å². The number of rotatable bonds is 4. The Bertz CT molecular complexity index is 1370. The van der Waals surface area contributed by atoms with E-state index in [-0.39, 0.29) is 10.8 Å². The summed E-state index contributed by atoms with van der Waals surface area (Å²) in [4.78, 5) is 50.3. The van der Waals surface area contributed by atoms with Crippen molar-refractivity contribution in [1.82, 2.24) is 0 Å². The van der Waals surface area contributed by atoms with Crippen molar-refractivity contribution in [3.63, 3.8) is 0 Å². The number of carbonyl (C=O) groups is 4. The van der Waals surface area contributed by atoms with Crippen molar-refractivity contribution in [3.8, 4) is 11.5 Å². The van der Waals surface area contributed by atoms with E-state index >= 15 is 0 Å². The maximum Gasteiger partial charge on any atom is 0.385 e. The molecule has 0 bridgehead atoms. The second kappa shape index (κ2) is 8.75. The summed E-state index contributed by atoms with van der Waals surface area (Å²) in [5, 5.41) is 0. The number of esters is 2. The highest BCUT2D eigenvalue weighted by Crippen LogP contribution is 2.51. The number of ether oxygens (including phenoxy) is 2. The molecular weight excluding hydrogens is 583 g/mol. The zero-order valence-electron chi connectivity index (χ0n) is 21.9. The molecule has 1 aliphatic carbocycles. The fourth-order valence-corrected chi connectivity index (χ4v) is 6.31. The van der Waals surface area contributed by atoms with Crippen molar-refractivity contribution in [2.24, 2.45) is 0 Å². The fraction of sp³-hybridized carbons (Fsp3) is 0.467. The van der Waals surface area contributed by atoms with Gasteiger partial charge in [-0.25, -0.2) is 9.59 Å². The van der Waals surface area contributed by atoms with Crippen LogP contribution in [0.2, 0.25) is 0 Å². The summed E-state index contributed by atoms with van der Waals surface area (Å²) < 4.78 is 11.7. The summed E-state index contributed by atoms with van der Waals surface area (Å²) in [7, 11) is 0. The Hall–Kier alpha value is -2.55. The molecule has 1 saturated carbocycles. The molecule has 2 aromatic rings. The Morgan fingerprint density at radius 1 is 0.730 bits per heavy atom. The van der Waals surface area contributed by atoms with Crippen LogP contribution < -0.4 is 9.47 Å². The third-order valence-corrected chi connectivity index (χ3v) is 10.0. The maximum absolute atomic E-state index is 12.9. The predicted octanol–water partition coefficient (Wildman–Crippen LogP) is 6.15. The second-order valence-corrected chi connectivity index (χ2v) is 12.9. The van der Waals surface area contributed by atoms with Crippen molar-refractivity contribution in [1.29, 1.82) is 0 Å². The number of Topliss-reactive ketones (excluding diaryl/α,β-unsaturated/α-hetero) is 2. The van der Waals surface area contributed by atoms with E-state index in [1.807, 2.05) is 32.9 Å². The first kappa shape index (κ1) is 26.1. The van der Waals surface area contributed by atoms with Crippen LogP contribution in [0.3, 0.4) is 0 Å². The quantitative estimate of drug-likeness (QED) is 0.135. The van der Waals surface area contributed by atoms with E-state index in [4.69, 9.17) is 9.47 Å². The van der Waals surface area contributed by atoms with Gasteiger partial charge in [-0.2, -0.15) is 0 Å². The Morgan fingerprint density at radius 3 is 1.65 bits per heavy atom. The average Bonchev–Trinajstić information content (AvgIpc) is 3.31. The maximum atomic E-state index is 12.9. The summed E-state index contributed by atoms with van der Waals surface area (Å²) in [5.41, 5.74) is 2.96. The number of hydrogen-bond donors (Lipinski definition) is 0. The van der Waals surface area contributed by atoms with Crippen LogP contribution in [0.4, 0.5) is 0 Å². The number of alkyl halides is 1. The van der Waals surface area contributed by atoms with Crippen LogP contribution in [0.5, 0.6) is 11.5 Å². The lowest BCUT2D eigenvalue weighted by Gasteiger charge is -2.40. The zero-order valence-corrected chi connectivity index (χ0v) is 24.0. The highest BCUT2D eigenvalue weighted by atomic mass is 127. The third kappa shape index (κ3) is 4.04. The minimum Gasteiger partial charge on any atom is -0.419 e. The predicted molar refractivity (Wildman–Crippen MR) is 147 cm³/mol. The van der Waals surface area contributed by atoms with Gasteiger partial charge in [0.2, 0.25) is 0 Å². The van der Waals surface area contributed by atoms with Crippen molar-refractivity contribution in [3.05, 3.63) is 57.6 Å². The molecule has 3 aliphatic rings. The molecule has 1 fully saturated rings. The lowest BCUT2D eigenvalue weighted by Crippen LogP contribution is -2.32. The van der Waals surface area contributed by atoms with E-state index in [1.165, 1.54) is 0 Å². The SMILES string of the molecule is CC(C)(C)c1cc(C2(c3cc4c(c(C(C)(C)CI)c3)OC(=O)C4=O)CCCCC2)cc2c1OC(=O)C2=O. The molecule has 2 heterocycles. The van der Waals surface area contributed by atoms with Crippen molar-refractivity contribution < 1.29 is 28.7 Å². The Morgan fingerprint density at radius 2 is 1.19 bits per heavy atom. The molecule has 0 saturated heterocycles. The van der Waals surface area contributed by atoms with Gasteiger partial charge in [0.05, 0.1) is 11.1 Å². The second-order valence-electron chi connectivity index (χ2n) is 12.1. The molecule has 0 radical (unpaired) electrons. The van der Waals surface area contributed by atoms with Crippen LogP contribution in [0, 0.1) is 0 Å². The number of fused-ring (bicyclic) bond motifs is 2. The van der Waals surface area contributed by atoms with E-state index in [2.05, 4.69) is 48.6 Å². The number of hydrogen-bond acceptors (Lipinski definition) is 6. The van der Waals surface area contributed by atoms with Gasteiger partial charge < -0.3 is 9.47 Å². The zero-order chi connectivity index (χ0) is 26.9. The standard InChI is InChI=1S/C30H31IO6/c1-28(2,3)20-13-16(11-18-22(32)26(34)36-24(18)20)30(9-7-6-8-10-30)17-12-19-23(33)27(35)37-25(19)21(14-17)29(4,5)15-31/h11-14H,6-10,15H2,1-5H3. The largest absolute Gasteiger partial charge is 0.419 e. The first-order valence-corrected chi connectivity index (χ1v) is 14.3. The lowest BCUT2D eigenvalue weighted by molar-refractivity contribution is -0.129. The van der Waals surface area contributed by atoms with E-state index in [1.54, 1.807) is 0 Å². The van der Waals surface area contributed by atoms with Crippen LogP contribution in [0.1, 0.15) is 110 Å². The van der Waals surface area contributed by atoms with E-state index in [9.17, 15) is 19.2 Å². The van der Waals surface area contributed by atoms with Gasteiger partial charge in [-0.3, -0.25) is 9.59 Å². The van der Waals surface area contributed by atoms with Crippen LogP contribution in [-0.2, 0) is 25.8 Å². The van der Waals surface area contributed by atoms with Gasteiger partial charge in [0, 0.05) is 26.4 Å². The van der Waals surface area contributed by atoms with Gasteiger partial charge >= 0.3 is 11.9 Å². The molecule has 0 atom stereocenters.